The molecular formula is C16H28N2O2. The van der Waals surface area contributed by atoms with Gasteiger partial charge < -0.3 is 15.8 Å². The van der Waals surface area contributed by atoms with Crippen LogP contribution in [-0.2, 0) is 11.2 Å². The first kappa shape index (κ1) is 18.4. The highest BCUT2D eigenvalue weighted by molar-refractivity contribution is 5.67. The van der Waals surface area contributed by atoms with Gasteiger partial charge in [-0.3, -0.25) is 0 Å². The molecule has 4 nitrogen and oxygen atoms in total. The van der Waals surface area contributed by atoms with E-state index < -0.39 is 0 Å². The fraction of sp³-hybridized carbons (Fsp3) is 0.562. The summed E-state index contributed by atoms with van der Waals surface area (Å²) in [5.74, 6) is 0. The summed E-state index contributed by atoms with van der Waals surface area (Å²) in [6.45, 7) is 8.40. The van der Waals surface area contributed by atoms with Crippen LogP contribution < -0.4 is 11.1 Å². The Labute approximate surface area is 122 Å². The molecule has 0 atom stereocenters. The number of rotatable bonds is 3. The van der Waals surface area contributed by atoms with E-state index in [0.717, 1.165) is 19.4 Å². The predicted octanol–water partition coefficient (Wildman–Crippen LogP) is 3.03. The van der Waals surface area contributed by atoms with Gasteiger partial charge in [0, 0.05) is 7.05 Å². The van der Waals surface area contributed by atoms with E-state index in [2.05, 4.69) is 36.5 Å². The molecule has 1 aromatic carbocycles. The Morgan fingerprint density at radius 3 is 2.30 bits per heavy atom. The molecule has 0 radical (unpaired) electrons. The fourth-order valence-corrected chi connectivity index (χ4v) is 1.51. The molecule has 0 heterocycles. The molecule has 4 heteroatoms. The highest BCUT2D eigenvalue weighted by Crippen LogP contribution is 2.08. The highest BCUT2D eigenvalue weighted by Gasteiger charge is 2.13. The number of hydrogen-bond donors (Lipinski definition) is 2. The average molecular weight is 280 g/mol. The van der Waals surface area contributed by atoms with E-state index in [0.29, 0.717) is 0 Å². The Balaban J connectivity index is 0.000000370. The first-order chi connectivity index (χ1) is 9.30. The third-order valence-electron chi connectivity index (χ3n) is 2.51. The topological polar surface area (TPSA) is 64.3 Å². The van der Waals surface area contributed by atoms with Crippen LogP contribution in [-0.4, -0.2) is 25.3 Å². The van der Waals surface area contributed by atoms with Crippen molar-refractivity contribution in [3.63, 3.8) is 0 Å². The van der Waals surface area contributed by atoms with Gasteiger partial charge in [0.15, 0.2) is 0 Å². The number of ether oxygens (including phenoxy) is 1. The average Bonchev–Trinajstić information content (AvgIpc) is 2.36. The van der Waals surface area contributed by atoms with Crippen molar-refractivity contribution in [2.75, 3.05) is 13.6 Å². The van der Waals surface area contributed by atoms with Crippen LogP contribution >= 0.6 is 0 Å². The van der Waals surface area contributed by atoms with Crippen LogP contribution in [0.25, 0.3) is 0 Å². The first-order valence-electron chi connectivity index (χ1n) is 6.95. The summed E-state index contributed by atoms with van der Waals surface area (Å²) in [6.07, 6.45) is 1.82. The summed E-state index contributed by atoms with van der Waals surface area (Å²) >= 11 is 0. The minimum Gasteiger partial charge on any atom is -0.444 e. The fourth-order valence-electron chi connectivity index (χ4n) is 1.51. The number of carbonyl (C=O) groups excluding carboxylic acids is 1. The number of benzene rings is 1. The molecule has 3 N–H and O–H groups in total. The summed E-state index contributed by atoms with van der Waals surface area (Å²) in [5, 5.41) is 2.36. The van der Waals surface area contributed by atoms with Crippen LogP contribution in [0.5, 0.6) is 0 Å². The van der Waals surface area contributed by atoms with Crippen LogP contribution in [0.3, 0.4) is 0 Å². The lowest BCUT2D eigenvalue weighted by atomic mass is 10.0. The smallest absolute Gasteiger partial charge is 0.407 e. The van der Waals surface area contributed by atoms with Crippen molar-refractivity contribution >= 4 is 6.09 Å². The molecule has 0 aliphatic heterocycles. The largest absolute Gasteiger partial charge is 0.444 e. The number of alkyl carbamates (subject to hydrolysis) is 1. The lowest BCUT2D eigenvalue weighted by molar-refractivity contribution is 0.0541. The molecule has 114 valence electrons. The van der Waals surface area contributed by atoms with E-state index in [1.807, 2.05) is 20.8 Å². The Bertz CT molecular complexity index is 398. The SMILES string of the molecule is CNC(=O)OC(C)(C)C.Cc1ccccc1CCCN. The van der Waals surface area contributed by atoms with Crippen LogP contribution in [0, 0.1) is 6.92 Å². The molecule has 0 saturated carbocycles. The lowest BCUT2D eigenvalue weighted by Crippen LogP contribution is -2.30. The molecule has 1 aromatic rings. The van der Waals surface area contributed by atoms with Gasteiger partial charge in [-0.2, -0.15) is 0 Å². The Morgan fingerprint density at radius 1 is 1.30 bits per heavy atom. The lowest BCUT2D eigenvalue weighted by Gasteiger charge is -2.18. The third kappa shape index (κ3) is 9.39. The van der Waals surface area contributed by atoms with E-state index in [1.54, 1.807) is 0 Å². The molecule has 20 heavy (non-hydrogen) atoms. The van der Waals surface area contributed by atoms with Crippen molar-refractivity contribution < 1.29 is 9.53 Å². The second-order valence-electron chi connectivity index (χ2n) is 5.57. The zero-order chi connectivity index (χ0) is 15.6. The zero-order valence-corrected chi connectivity index (χ0v) is 13.3. The number of nitrogens with one attached hydrogen (secondary N) is 1. The van der Waals surface area contributed by atoms with Crippen molar-refractivity contribution in [3.05, 3.63) is 35.4 Å². The molecule has 1 amide bonds. The van der Waals surface area contributed by atoms with E-state index in [4.69, 9.17) is 10.5 Å². The molecule has 0 unspecified atom stereocenters. The minimum absolute atomic E-state index is 0.387. The van der Waals surface area contributed by atoms with Gasteiger partial charge in [0.25, 0.3) is 0 Å². The van der Waals surface area contributed by atoms with Gasteiger partial charge in [-0.25, -0.2) is 4.79 Å². The predicted molar refractivity (Wildman–Crippen MR) is 83.8 cm³/mol. The molecule has 0 aromatic heterocycles. The van der Waals surface area contributed by atoms with Gasteiger partial charge in [0.1, 0.15) is 5.60 Å². The number of carbonyl (C=O) groups is 1. The van der Waals surface area contributed by atoms with Gasteiger partial charge >= 0.3 is 6.09 Å². The van der Waals surface area contributed by atoms with E-state index in [1.165, 1.54) is 18.2 Å². The normalized spacial score (nSPS) is 10.3. The molecular weight excluding hydrogens is 252 g/mol. The quantitative estimate of drug-likeness (QED) is 0.894. The Hall–Kier alpha value is -1.55. The molecule has 0 aliphatic carbocycles. The minimum atomic E-state index is -0.389. The number of hydrogen-bond acceptors (Lipinski definition) is 3. The summed E-state index contributed by atoms with van der Waals surface area (Å²) in [7, 11) is 1.54. The Kier molecular flexibility index (Phi) is 8.64. The van der Waals surface area contributed by atoms with Crippen LogP contribution in [0.2, 0.25) is 0 Å². The van der Waals surface area contributed by atoms with Gasteiger partial charge in [-0.1, -0.05) is 24.3 Å². The van der Waals surface area contributed by atoms with Crippen molar-refractivity contribution in [1.82, 2.24) is 5.32 Å². The van der Waals surface area contributed by atoms with Crippen molar-refractivity contribution in [1.29, 1.82) is 0 Å². The van der Waals surface area contributed by atoms with Crippen molar-refractivity contribution in [2.24, 2.45) is 5.73 Å². The maximum atomic E-state index is 10.5. The van der Waals surface area contributed by atoms with Crippen LogP contribution in [0.4, 0.5) is 4.79 Å². The van der Waals surface area contributed by atoms with Gasteiger partial charge in [0.2, 0.25) is 0 Å². The second kappa shape index (κ2) is 9.37. The number of nitrogens with two attached hydrogens (primary N) is 1. The Morgan fingerprint density at radius 2 is 1.90 bits per heavy atom. The maximum Gasteiger partial charge on any atom is 0.407 e. The second-order valence-corrected chi connectivity index (χ2v) is 5.57. The third-order valence-corrected chi connectivity index (χ3v) is 2.51. The molecule has 1 rings (SSSR count). The summed E-state index contributed by atoms with van der Waals surface area (Å²) in [4.78, 5) is 10.5. The maximum absolute atomic E-state index is 10.5. The van der Waals surface area contributed by atoms with Crippen molar-refractivity contribution in [3.8, 4) is 0 Å². The zero-order valence-electron chi connectivity index (χ0n) is 13.3. The van der Waals surface area contributed by atoms with Crippen LogP contribution in [0.15, 0.2) is 24.3 Å². The van der Waals surface area contributed by atoms with Crippen LogP contribution in [0.1, 0.15) is 38.3 Å². The summed E-state index contributed by atoms with van der Waals surface area (Å²) in [5.41, 5.74) is 7.84. The standard InChI is InChI=1S/C10H15N.C6H13NO2/c1-9-5-2-3-6-10(9)7-4-8-11;1-6(2,3)9-5(8)7-4/h2-3,5-6H,4,7-8,11H2,1H3;1-4H3,(H,7,8). The summed E-state index contributed by atoms with van der Waals surface area (Å²) in [6, 6.07) is 8.47. The summed E-state index contributed by atoms with van der Waals surface area (Å²) < 4.78 is 4.84. The molecule has 0 spiro atoms. The van der Waals surface area contributed by atoms with Crippen molar-refractivity contribution in [2.45, 2.75) is 46.1 Å². The highest BCUT2D eigenvalue weighted by atomic mass is 16.6. The monoisotopic (exact) mass is 280 g/mol. The molecule has 0 aliphatic rings. The van der Waals surface area contributed by atoms with Gasteiger partial charge in [0.05, 0.1) is 0 Å². The first-order valence-corrected chi connectivity index (χ1v) is 6.95. The van der Waals surface area contributed by atoms with E-state index >= 15 is 0 Å². The van der Waals surface area contributed by atoms with E-state index in [-0.39, 0.29) is 11.7 Å². The molecule has 0 saturated heterocycles. The molecule has 0 bridgehead atoms. The number of aryl methyl sites for hydroxylation is 2. The number of amides is 1. The molecule has 0 fully saturated rings. The van der Waals surface area contributed by atoms with E-state index in [9.17, 15) is 4.79 Å². The van der Waals surface area contributed by atoms with Gasteiger partial charge in [-0.05, 0) is 58.2 Å². The van der Waals surface area contributed by atoms with Gasteiger partial charge in [-0.15, -0.1) is 0 Å².